The molecule has 0 bridgehead atoms. The lowest BCUT2D eigenvalue weighted by atomic mass is 10.1. The van der Waals surface area contributed by atoms with Crippen LogP contribution in [-0.2, 0) is 0 Å². The highest BCUT2D eigenvalue weighted by atomic mass is 35.5. The Morgan fingerprint density at radius 3 is 2.00 bits per heavy atom. The van der Waals surface area contributed by atoms with Gasteiger partial charge in [-0.1, -0.05) is 60.2 Å². The van der Waals surface area contributed by atoms with Crippen molar-refractivity contribution in [1.29, 1.82) is 0 Å². The van der Waals surface area contributed by atoms with Gasteiger partial charge in [0.1, 0.15) is 0 Å². The third-order valence-corrected chi connectivity index (χ3v) is 5.65. The van der Waals surface area contributed by atoms with Crippen LogP contribution in [0.1, 0.15) is 27.9 Å². The van der Waals surface area contributed by atoms with Gasteiger partial charge in [-0.25, -0.2) is 0 Å². The van der Waals surface area contributed by atoms with Crippen molar-refractivity contribution < 1.29 is 4.79 Å². The van der Waals surface area contributed by atoms with Crippen LogP contribution in [0.5, 0.6) is 0 Å². The molecule has 0 fully saturated rings. The fourth-order valence-corrected chi connectivity index (χ4v) is 3.97. The molecule has 0 aromatic heterocycles. The van der Waals surface area contributed by atoms with E-state index in [-0.39, 0.29) is 18.2 Å². The third-order valence-electron chi connectivity index (χ3n) is 5.40. The van der Waals surface area contributed by atoms with Gasteiger partial charge in [-0.3, -0.25) is 9.69 Å². The van der Waals surface area contributed by atoms with Crippen molar-refractivity contribution in [2.75, 3.05) is 31.6 Å². The minimum absolute atomic E-state index is 0. The number of ketones is 1. The molecule has 1 aliphatic heterocycles. The largest absolute Gasteiger partial charge is 0.340 e. The van der Waals surface area contributed by atoms with Crippen LogP contribution in [0.3, 0.4) is 0 Å². The van der Waals surface area contributed by atoms with E-state index in [1.165, 1.54) is 22.5 Å². The Balaban J connectivity index is 0.00000272. The van der Waals surface area contributed by atoms with E-state index in [9.17, 15) is 4.79 Å². The average molecular weight is 453 g/mol. The number of carbonyl (C=O) groups is 1. The third kappa shape index (κ3) is 5.56. The summed E-state index contributed by atoms with van der Waals surface area (Å²) >= 11 is 5.92. The minimum Gasteiger partial charge on any atom is -0.340 e. The SMILES string of the molecule is CN(CCCN1c2ccccc2C=Cc2ccccc21)CC(=O)c1ccc(Cl)cc1.Cl. The molecule has 0 saturated carbocycles. The summed E-state index contributed by atoms with van der Waals surface area (Å²) in [5.74, 6) is 0.115. The topological polar surface area (TPSA) is 23.6 Å². The Bertz CT molecular complexity index is 1010. The van der Waals surface area contributed by atoms with Crippen molar-refractivity contribution in [3.8, 4) is 0 Å². The van der Waals surface area contributed by atoms with E-state index >= 15 is 0 Å². The standard InChI is InChI=1S/C26H25ClN2O.ClH/c1-28(19-26(30)22-13-15-23(27)16-14-22)17-6-18-29-24-9-4-2-7-20(24)11-12-21-8-3-5-10-25(21)29;/h2-5,7-16H,6,17-19H2,1H3;1H. The second kappa shape index (κ2) is 10.6. The van der Waals surface area contributed by atoms with E-state index in [0.717, 1.165) is 19.5 Å². The van der Waals surface area contributed by atoms with Crippen LogP contribution in [0.15, 0.2) is 72.8 Å². The van der Waals surface area contributed by atoms with E-state index in [1.54, 1.807) is 24.3 Å². The van der Waals surface area contributed by atoms with E-state index < -0.39 is 0 Å². The van der Waals surface area contributed by atoms with Crippen LogP contribution >= 0.6 is 24.0 Å². The zero-order chi connectivity index (χ0) is 20.9. The van der Waals surface area contributed by atoms with Gasteiger partial charge < -0.3 is 4.90 Å². The number of fused-ring (bicyclic) bond motifs is 2. The van der Waals surface area contributed by atoms with Crippen molar-refractivity contribution in [3.05, 3.63) is 94.5 Å². The number of benzene rings is 3. The molecule has 0 aliphatic carbocycles. The Kier molecular flexibility index (Phi) is 7.91. The second-order valence-electron chi connectivity index (χ2n) is 7.62. The van der Waals surface area contributed by atoms with E-state index in [2.05, 4.69) is 70.5 Å². The number of anilines is 2. The first-order valence-electron chi connectivity index (χ1n) is 10.2. The summed E-state index contributed by atoms with van der Waals surface area (Å²) < 4.78 is 0. The number of para-hydroxylation sites is 2. The molecule has 1 aliphatic rings. The highest BCUT2D eigenvalue weighted by Crippen LogP contribution is 2.36. The molecule has 1 heterocycles. The van der Waals surface area contributed by atoms with Gasteiger partial charge in [-0.05, 0) is 61.0 Å². The Morgan fingerprint density at radius 2 is 1.42 bits per heavy atom. The molecule has 0 radical (unpaired) electrons. The molecule has 0 saturated heterocycles. The summed E-state index contributed by atoms with van der Waals surface area (Å²) in [4.78, 5) is 17.0. The van der Waals surface area contributed by atoms with Crippen molar-refractivity contribution in [1.82, 2.24) is 4.90 Å². The highest BCUT2D eigenvalue weighted by molar-refractivity contribution is 6.30. The number of likely N-dealkylation sites (N-methyl/N-ethyl adjacent to an activating group) is 1. The number of rotatable bonds is 7. The number of hydrogen-bond acceptors (Lipinski definition) is 3. The van der Waals surface area contributed by atoms with Crippen molar-refractivity contribution in [3.63, 3.8) is 0 Å². The summed E-state index contributed by atoms with van der Waals surface area (Å²) in [6.45, 7) is 2.12. The molecule has 0 spiro atoms. The number of hydrogen-bond donors (Lipinski definition) is 0. The van der Waals surface area contributed by atoms with Gasteiger partial charge in [0.2, 0.25) is 0 Å². The predicted octanol–water partition coefficient (Wildman–Crippen LogP) is 6.59. The monoisotopic (exact) mass is 452 g/mol. The maximum atomic E-state index is 12.5. The summed E-state index contributed by atoms with van der Waals surface area (Å²) in [6, 6.07) is 24.1. The smallest absolute Gasteiger partial charge is 0.176 e. The minimum atomic E-state index is 0. The van der Waals surface area contributed by atoms with Gasteiger partial charge in [0, 0.05) is 35.1 Å². The molecular weight excluding hydrogens is 427 g/mol. The fourth-order valence-electron chi connectivity index (χ4n) is 3.85. The molecule has 3 aromatic carbocycles. The average Bonchev–Trinajstić information content (AvgIpc) is 2.91. The molecule has 31 heavy (non-hydrogen) atoms. The molecular formula is C26H26Cl2N2O. The van der Waals surface area contributed by atoms with Gasteiger partial charge in [0.15, 0.2) is 5.78 Å². The summed E-state index contributed by atoms with van der Waals surface area (Å²) in [5.41, 5.74) is 5.59. The maximum absolute atomic E-state index is 12.5. The summed E-state index contributed by atoms with van der Waals surface area (Å²) in [7, 11) is 2.00. The molecule has 3 nitrogen and oxygen atoms in total. The van der Waals surface area contributed by atoms with Crippen molar-refractivity contribution in [2.24, 2.45) is 0 Å². The van der Waals surface area contributed by atoms with Crippen molar-refractivity contribution >= 4 is 53.3 Å². The Labute approximate surface area is 195 Å². The summed E-state index contributed by atoms with van der Waals surface area (Å²) in [6.07, 6.45) is 5.32. The van der Waals surface area contributed by atoms with Gasteiger partial charge in [-0.15, -0.1) is 12.4 Å². The molecule has 0 N–H and O–H groups in total. The molecule has 160 valence electrons. The van der Waals surface area contributed by atoms with E-state index in [1.807, 2.05) is 7.05 Å². The van der Waals surface area contributed by atoms with Gasteiger partial charge in [0.25, 0.3) is 0 Å². The van der Waals surface area contributed by atoms with Crippen LogP contribution in [0.25, 0.3) is 12.2 Å². The number of halogens is 2. The number of carbonyl (C=O) groups excluding carboxylic acids is 1. The molecule has 3 aromatic rings. The molecule has 0 unspecified atom stereocenters. The lowest BCUT2D eigenvalue weighted by molar-refractivity contribution is 0.0946. The zero-order valence-corrected chi connectivity index (χ0v) is 19.1. The van der Waals surface area contributed by atoms with Gasteiger partial charge in [0.05, 0.1) is 6.54 Å². The van der Waals surface area contributed by atoms with Crippen LogP contribution in [0.4, 0.5) is 11.4 Å². The van der Waals surface area contributed by atoms with Crippen molar-refractivity contribution in [2.45, 2.75) is 6.42 Å². The number of Topliss-reactive ketones (excluding diaryl/α,β-unsaturated/α-hetero) is 1. The first-order chi connectivity index (χ1) is 14.6. The normalized spacial score (nSPS) is 12.0. The molecule has 4 rings (SSSR count). The van der Waals surface area contributed by atoms with E-state index in [4.69, 9.17) is 11.6 Å². The quantitative estimate of drug-likeness (QED) is 0.377. The lowest BCUT2D eigenvalue weighted by Crippen LogP contribution is -2.29. The molecule has 0 atom stereocenters. The Hall–Kier alpha value is -2.59. The second-order valence-corrected chi connectivity index (χ2v) is 8.06. The Morgan fingerprint density at radius 1 is 0.871 bits per heavy atom. The van der Waals surface area contributed by atoms with Crippen LogP contribution in [0.2, 0.25) is 5.02 Å². The number of nitrogens with zero attached hydrogens (tertiary/aromatic N) is 2. The van der Waals surface area contributed by atoms with E-state index in [0.29, 0.717) is 17.1 Å². The van der Waals surface area contributed by atoms with Crippen LogP contribution < -0.4 is 4.90 Å². The fraction of sp³-hybridized carbons (Fsp3) is 0.192. The summed E-state index contributed by atoms with van der Waals surface area (Å²) in [5, 5.41) is 0.646. The first kappa shape index (κ1) is 23.1. The highest BCUT2D eigenvalue weighted by Gasteiger charge is 2.17. The van der Waals surface area contributed by atoms with Crippen LogP contribution in [0, 0.1) is 0 Å². The predicted molar refractivity (Wildman–Crippen MR) is 134 cm³/mol. The molecule has 5 heteroatoms. The van der Waals surface area contributed by atoms with Gasteiger partial charge in [-0.2, -0.15) is 0 Å². The molecule has 0 amide bonds. The van der Waals surface area contributed by atoms with Gasteiger partial charge >= 0.3 is 0 Å². The zero-order valence-electron chi connectivity index (χ0n) is 17.5. The maximum Gasteiger partial charge on any atom is 0.176 e. The lowest BCUT2D eigenvalue weighted by Gasteiger charge is -2.28. The van der Waals surface area contributed by atoms with Crippen LogP contribution in [-0.4, -0.2) is 37.4 Å². The first-order valence-corrected chi connectivity index (χ1v) is 10.6.